The van der Waals surface area contributed by atoms with Crippen LogP contribution in [0.2, 0.25) is 0 Å². The number of anilines is 1. The van der Waals surface area contributed by atoms with Gasteiger partial charge in [-0.15, -0.1) is 11.3 Å². The summed E-state index contributed by atoms with van der Waals surface area (Å²) in [6.45, 7) is 3.07. The van der Waals surface area contributed by atoms with Crippen LogP contribution in [0.15, 0.2) is 24.4 Å². The molecule has 1 N–H and O–H groups in total. The van der Waals surface area contributed by atoms with Gasteiger partial charge in [-0.1, -0.05) is 0 Å². The average molecular weight is 274 g/mol. The molecule has 3 rings (SSSR count). The van der Waals surface area contributed by atoms with Crippen LogP contribution in [0.3, 0.4) is 0 Å². The molecule has 98 valence electrons. The molecule has 0 unspecified atom stereocenters. The molecule has 0 spiro atoms. The molecule has 0 aromatic carbocycles. The lowest BCUT2D eigenvalue weighted by molar-refractivity contribution is 0.0532. The molecule has 2 aromatic rings. The number of ether oxygens (including phenoxy) is 1. The van der Waals surface area contributed by atoms with Crippen molar-refractivity contribution in [2.75, 3.05) is 18.5 Å². The molecule has 0 atom stereocenters. The highest BCUT2D eigenvalue weighted by Gasteiger charge is 2.21. The Kier molecular flexibility index (Phi) is 3.21. The van der Waals surface area contributed by atoms with Crippen molar-refractivity contribution in [3.05, 3.63) is 34.8 Å². The number of pyridine rings is 1. The predicted octanol–water partition coefficient (Wildman–Crippen LogP) is 2.95. The molecule has 19 heavy (non-hydrogen) atoms. The predicted molar refractivity (Wildman–Crippen MR) is 75.7 cm³/mol. The molecule has 4 nitrogen and oxygen atoms in total. The summed E-state index contributed by atoms with van der Waals surface area (Å²) >= 11 is 1.46. The van der Waals surface area contributed by atoms with Gasteiger partial charge in [0, 0.05) is 12.7 Å². The third kappa shape index (κ3) is 2.21. The van der Waals surface area contributed by atoms with Gasteiger partial charge in [0.1, 0.15) is 10.6 Å². The maximum absolute atomic E-state index is 11.8. The number of nitrogens with one attached hydrogen (secondary N) is 1. The Bertz CT molecular complexity index is 622. The third-order valence-electron chi connectivity index (χ3n) is 3.02. The Morgan fingerprint density at radius 1 is 1.58 bits per heavy atom. The van der Waals surface area contributed by atoms with E-state index in [4.69, 9.17) is 4.74 Å². The molecule has 2 aromatic heterocycles. The Balaban J connectivity index is 2.06. The first-order valence-electron chi connectivity index (χ1n) is 6.28. The van der Waals surface area contributed by atoms with E-state index in [2.05, 4.69) is 10.3 Å². The van der Waals surface area contributed by atoms with Gasteiger partial charge in [0.2, 0.25) is 0 Å². The second-order valence-corrected chi connectivity index (χ2v) is 5.31. The van der Waals surface area contributed by atoms with Crippen molar-refractivity contribution in [3.8, 4) is 10.6 Å². The lowest BCUT2D eigenvalue weighted by Gasteiger charge is -2.05. The normalized spacial score (nSPS) is 12.9. The molecule has 1 aliphatic heterocycles. The number of hydrogen-bond acceptors (Lipinski definition) is 5. The molecular formula is C14H14N2O2S. The fourth-order valence-corrected chi connectivity index (χ4v) is 3.29. The summed E-state index contributed by atoms with van der Waals surface area (Å²) in [4.78, 5) is 18.0. The second-order valence-electron chi connectivity index (χ2n) is 4.26. The van der Waals surface area contributed by atoms with Gasteiger partial charge >= 0.3 is 5.97 Å². The van der Waals surface area contributed by atoms with Gasteiger partial charge in [0.05, 0.1) is 17.2 Å². The van der Waals surface area contributed by atoms with Gasteiger partial charge in [-0.05, 0) is 37.1 Å². The van der Waals surface area contributed by atoms with Crippen molar-refractivity contribution in [2.24, 2.45) is 0 Å². The van der Waals surface area contributed by atoms with E-state index in [0.717, 1.165) is 34.8 Å². The van der Waals surface area contributed by atoms with Gasteiger partial charge in [-0.3, -0.25) is 4.98 Å². The van der Waals surface area contributed by atoms with E-state index in [0.29, 0.717) is 11.5 Å². The number of esters is 1. The van der Waals surface area contributed by atoms with E-state index < -0.39 is 0 Å². The number of thiophene rings is 1. The molecule has 5 heteroatoms. The zero-order chi connectivity index (χ0) is 13.2. The molecular weight excluding hydrogens is 260 g/mol. The number of fused-ring (bicyclic) bond motifs is 3. The minimum atomic E-state index is -0.244. The zero-order valence-electron chi connectivity index (χ0n) is 10.6. The Hall–Kier alpha value is -1.88. The van der Waals surface area contributed by atoms with Crippen molar-refractivity contribution < 1.29 is 9.53 Å². The van der Waals surface area contributed by atoms with Gasteiger partial charge in [0.25, 0.3) is 0 Å². The topological polar surface area (TPSA) is 51.2 Å². The molecule has 0 aliphatic carbocycles. The van der Waals surface area contributed by atoms with Crippen molar-refractivity contribution in [1.82, 2.24) is 4.98 Å². The fraction of sp³-hybridized carbons (Fsp3) is 0.286. The van der Waals surface area contributed by atoms with Crippen LogP contribution in [0.1, 0.15) is 22.2 Å². The Labute approximate surface area is 115 Å². The molecule has 0 saturated heterocycles. The Morgan fingerprint density at radius 2 is 2.47 bits per heavy atom. The standard InChI is InChI=1S/C14H14N2O2S/c1-2-18-14(17)11-8-9-5-7-15-10-4-3-6-16-12(10)13(9)19-11/h3-4,6,8,15H,2,5,7H2,1H3. The second kappa shape index (κ2) is 5.01. The van der Waals surface area contributed by atoms with Crippen LogP contribution in [-0.2, 0) is 11.2 Å². The molecule has 0 bridgehead atoms. The van der Waals surface area contributed by atoms with E-state index in [1.54, 1.807) is 6.20 Å². The third-order valence-corrected chi connectivity index (χ3v) is 4.18. The first-order chi connectivity index (χ1) is 9.29. The quantitative estimate of drug-likeness (QED) is 0.855. The minimum Gasteiger partial charge on any atom is -0.462 e. The first-order valence-corrected chi connectivity index (χ1v) is 7.10. The lowest BCUT2D eigenvalue weighted by Crippen LogP contribution is -2.04. The van der Waals surface area contributed by atoms with Gasteiger partial charge in [0.15, 0.2) is 0 Å². The summed E-state index contributed by atoms with van der Waals surface area (Å²) in [6, 6.07) is 5.86. The SMILES string of the molecule is CCOC(=O)c1cc2c(s1)-c1ncccc1NCC2. The number of aromatic nitrogens is 1. The fourth-order valence-electron chi connectivity index (χ4n) is 2.18. The lowest BCUT2D eigenvalue weighted by atomic mass is 10.1. The number of hydrogen-bond donors (Lipinski definition) is 1. The van der Waals surface area contributed by atoms with Crippen molar-refractivity contribution in [3.63, 3.8) is 0 Å². The van der Waals surface area contributed by atoms with E-state index >= 15 is 0 Å². The summed E-state index contributed by atoms with van der Waals surface area (Å²) in [5.74, 6) is -0.244. The van der Waals surface area contributed by atoms with E-state index in [1.165, 1.54) is 11.3 Å². The molecule has 3 heterocycles. The highest BCUT2D eigenvalue weighted by molar-refractivity contribution is 7.17. The van der Waals surface area contributed by atoms with Gasteiger partial charge in [-0.25, -0.2) is 4.79 Å². The van der Waals surface area contributed by atoms with Crippen LogP contribution in [0, 0.1) is 0 Å². The van der Waals surface area contributed by atoms with Crippen molar-refractivity contribution in [1.29, 1.82) is 0 Å². The molecule has 0 amide bonds. The number of carbonyl (C=O) groups excluding carboxylic acids is 1. The summed E-state index contributed by atoms with van der Waals surface area (Å²) in [5.41, 5.74) is 3.12. The smallest absolute Gasteiger partial charge is 0.348 e. The average Bonchev–Trinajstić information content (AvgIpc) is 2.77. The van der Waals surface area contributed by atoms with E-state index in [9.17, 15) is 4.79 Å². The highest BCUT2D eigenvalue weighted by Crippen LogP contribution is 2.37. The highest BCUT2D eigenvalue weighted by atomic mass is 32.1. The number of carbonyl (C=O) groups is 1. The van der Waals surface area contributed by atoms with Crippen LogP contribution in [-0.4, -0.2) is 24.1 Å². The monoisotopic (exact) mass is 274 g/mol. The molecule has 0 fully saturated rings. The van der Waals surface area contributed by atoms with Crippen LogP contribution >= 0.6 is 11.3 Å². The molecule has 0 saturated carbocycles. The summed E-state index contributed by atoms with van der Waals surface area (Å²) < 4.78 is 5.06. The van der Waals surface area contributed by atoms with Crippen molar-refractivity contribution >= 4 is 23.0 Å². The van der Waals surface area contributed by atoms with E-state index in [-0.39, 0.29) is 5.97 Å². The Morgan fingerprint density at radius 3 is 3.32 bits per heavy atom. The summed E-state index contributed by atoms with van der Waals surface area (Å²) in [7, 11) is 0. The van der Waals surface area contributed by atoms with Crippen LogP contribution in [0.25, 0.3) is 10.6 Å². The van der Waals surface area contributed by atoms with Gasteiger partial charge < -0.3 is 10.1 Å². The van der Waals surface area contributed by atoms with E-state index in [1.807, 2.05) is 25.1 Å². The maximum atomic E-state index is 11.8. The largest absolute Gasteiger partial charge is 0.462 e. The molecule has 1 aliphatic rings. The zero-order valence-corrected chi connectivity index (χ0v) is 11.4. The maximum Gasteiger partial charge on any atom is 0.348 e. The van der Waals surface area contributed by atoms with Gasteiger partial charge in [-0.2, -0.15) is 0 Å². The number of rotatable bonds is 2. The number of nitrogens with zero attached hydrogens (tertiary/aromatic N) is 1. The van der Waals surface area contributed by atoms with Crippen LogP contribution in [0.5, 0.6) is 0 Å². The molecule has 0 radical (unpaired) electrons. The van der Waals surface area contributed by atoms with Crippen molar-refractivity contribution in [2.45, 2.75) is 13.3 Å². The minimum absolute atomic E-state index is 0.244. The summed E-state index contributed by atoms with van der Waals surface area (Å²) in [5, 5.41) is 3.36. The summed E-state index contributed by atoms with van der Waals surface area (Å²) in [6.07, 6.45) is 2.67. The van der Waals surface area contributed by atoms with Crippen LogP contribution in [0.4, 0.5) is 5.69 Å². The van der Waals surface area contributed by atoms with Crippen LogP contribution < -0.4 is 5.32 Å². The first kappa shape index (κ1) is 12.2.